The molecule has 2 rings (SSSR count). The number of hydrogen-bond donors (Lipinski definition) is 2. The number of oxazole rings is 1. The van der Waals surface area contributed by atoms with Gasteiger partial charge in [-0.3, -0.25) is 0 Å². The van der Waals surface area contributed by atoms with Crippen LogP contribution >= 0.6 is 0 Å². The Kier molecular flexibility index (Phi) is 2.32. The van der Waals surface area contributed by atoms with Gasteiger partial charge in [0.2, 0.25) is 0 Å². The van der Waals surface area contributed by atoms with Gasteiger partial charge in [0.1, 0.15) is 5.52 Å². The highest BCUT2D eigenvalue weighted by molar-refractivity contribution is 5.74. The SMILES string of the molecule is NCCNc1nc2cccc(F)c2o1. The number of nitrogens with zero attached hydrogens (tertiary/aromatic N) is 1. The molecular formula is C9H10FN3O. The van der Waals surface area contributed by atoms with E-state index in [1.165, 1.54) is 6.07 Å². The maximum atomic E-state index is 13.1. The van der Waals surface area contributed by atoms with Gasteiger partial charge in [-0.25, -0.2) is 4.39 Å². The van der Waals surface area contributed by atoms with E-state index in [4.69, 9.17) is 10.2 Å². The van der Waals surface area contributed by atoms with Gasteiger partial charge in [0, 0.05) is 13.1 Å². The Bertz CT molecular complexity index is 441. The normalized spacial score (nSPS) is 10.7. The van der Waals surface area contributed by atoms with Crippen LogP contribution in [0.4, 0.5) is 10.4 Å². The molecule has 0 amide bonds. The third kappa shape index (κ3) is 1.54. The summed E-state index contributed by atoms with van der Waals surface area (Å²) in [5.74, 6) is -0.407. The van der Waals surface area contributed by atoms with Gasteiger partial charge in [0.25, 0.3) is 6.01 Å². The Labute approximate surface area is 79.9 Å². The fourth-order valence-corrected chi connectivity index (χ4v) is 1.17. The average molecular weight is 195 g/mol. The molecule has 0 fully saturated rings. The van der Waals surface area contributed by atoms with E-state index in [9.17, 15) is 4.39 Å². The van der Waals surface area contributed by atoms with Crippen molar-refractivity contribution in [1.29, 1.82) is 0 Å². The molecule has 74 valence electrons. The highest BCUT2D eigenvalue weighted by Crippen LogP contribution is 2.20. The van der Waals surface area contributed by atoms with Crippen molar-refractivity contribution in [2.75, 3.05) is 18.4 Å². The van der Waals surface area contributed by atoms with Gasteiger partial charge < -0.3 is 15.5 Å². The first-order valence-electron chi connectivity index (χ1n) is 4.30. The Morgan fingerprint density at radius 2 is 2.36 bits per heavy atom. The van der Waals surface area contributed by atoms with Gasteiger partial charge in [0.05, 0.1) is 0 Å². The van der Waals surface area contributed by atoms with E-state index >= 15 is 0 Å². The van der Waals surface area contributed by atoms with E-state index < -0.39 is 5.82 Å². The molecule has 0 atom stereocenters. The first-order valence-corrected chi connectivity index (χ1v) is 4.30. The van der Waals surface area contributed by atoms with Gasteiger partial charge in [-0.2, -0.15) is 4.98 Å². The number of fused-ring (bicyclic) bond motifs is 1. The first kappa shape index (κ1) is 8.96. The number of benzene rings is 1. The molecule has 2 aromatic rings. The number of para-hydroxylation sites is 1. The van der Waals surface area contributed by atoms with Crippen molar-refractivity contribution in [1.82, 2.24) is 4.98 Å². The topological polar surface area (TPSA) is 64.1 Å². The summed E-state index contributed by atoms with van der Waals surface area (Å²) in [4.78, 5) is 4.04. The van der Waals surface area contributed by atoms with E-state index in [0.717, 1.165) is 0 Å². The molecule has 0 aliphatic carbocycles. The highest BCUT2D eigenvalue weighted by Gasteiger charge is 2.08. The van der Waals surface area contributed by atoms with E-state index in [1.54, 1.807) is 12.1 Å². The lowest BCUT2D eigenvalue weighted by Gasteiger charge is -1.95. The van der Waals surface area contributed by atoms with Crippen LogP contribution in [0, 0.1) is 5.82 Å². The van der Waals surface area contributed by atoms with Gasteiger partial charge >= 0.3 is 0 Å². The third-order valence-electron chi connectivity index (χ3n) is 1.79. The predicted molar refractivity (Wildman–Crippen MR) is 51.5 cm³/mol. The molecule has 0 aliphatic heterocycles. The van der Waals surface area contributed by atoms with Crippen LogP contribution < -0.4 is 11.1 Å². The molecule has 0 saturated carbocycles. The zero-order chi connectivity index (χ0) is 9.97. The molecule has 14 heavy (non-hydrogen) atoms. The summed E-state index contributed by atoms with van der Waals surface area (Å²) in [7, 11) is 0. The lowest BCUT2D eigenvalue weighted by molar-refractivity contribution is 0.562. The first-order chi connectivity index (χ1) is 6.81. The quantitative estimate of drug-likeness (QED) is 0.775. The monoisotopic (exact) mass is 195 g/mol. The van der Waals surface area contributed by atoms with Gasteiger partial charge in [0.15, 0.2) is 11.4 Å². The molecular weight excluding hydrogens is 185 g/mol. The van der Waals surface area contributed by atoms with Crippen LogP contribution in [0.15, 0.2) is 22.6 Å². The van der Waals surface area contributed by atoms with Gasteiger partial charge in [-0.15, -0.1) is 0 Å². The summed E-state index contributed by atoms with van der Waals surface area (Å²) in [5, 5.41) is 2.84. The number of hydrogen-bond acceptors (Lipinski definition) is 4. The summed E-state index contributed by atoms with van der Waals surface area (Å²) in [6.45, 7) is 1.02. The molecule has 4 nitrogen and oxygen atoms in total. The molecule has 1 aromatic carbocycles. The Hall–Kier alpha value is -1.62. The molecule has 0 bridgehead atoms. The summed E-state index contributed by atoms with van der Waals surface area (Å²) < 4.78 is 18.3. The number of nitrogens with two attached hydrogens (primary N) is 1. The number of rotatable bonds is 3. The summed E-state index contributed by atoms with van der Waals surface area (Å²) in [5.41, 5.74) is 5.97. The van der Waals surface area contributed by atoms with Crippen LogP contribution in [0.5, 0.6) is 0 Å². The van der Waals surface area contributed by atoms with Crippen LogP contribution in [-0.4, -0.2) is 18.1 Å². The van der Waals surface area contributed by atoms with Crippen LogP contribution in [0.3, 0.4) is 0 Å². The second-order valence-electron chi connectivity index (χ2n) is 2.82. The fourth-order valence-electron chi connectivity index (χ4n) is 1.17. The molecule has 0 saturated heterocycles. The largest absolute Gasteiger partial charge is 0.420 e. The number of aromatic nitrogens is 1. The van der Waals surface area contributed by atoms with Crippen molar-refractivity contribution in [3.63, 3.8) is 0 Å². The van der Waals surface area contributed by atoms with Gasteiger partial charge in [-0.05, 0) is 12.1 Å². The Morgan fingerprint density at radius 3 is 3.07 bits per heavy atom. The van der Waals surface area contributed by atoms with Crippen LogP contribution in [0.2, 0.25) is 0 Å². The predicted octanol–water partition coefficient (Wildman–Crippen LogP) is 1.34. The van der Waals surface area contributed by atoms with Crippen molar-refractivity contribution in [2.24, 2.45) is 5.73 Å². The van der Waals surface area contributed by atoms with E-state index in [-0.39, 0.29) is 5.58 Å². The average Bonchev–Trinajstić information content (AvgIpc) is 2.59. The second kappa shape index (κ2) is 3.63. The molecule has 0 aliphatic rings. The van der Waals surface area contributed by atoms with E-state index in [2.05, 4.69) is 10.3 Å². The smallest absolute Gasteiger partial charge is 0.295 e. The zero-order valence-electron chi connectivity index (χ0n) is 7.46. The van der Waals surface area contributed by atoms with Crippen molar-refractivity contribution in [2.45, 2.75) is 0 Å². The molecule has 1 aromatic heterocycles. The number of anilines is 1. The van der Waals surface area contributed by atoms with Gasteiger partial charge in [-0.1, -0.05) is 6.07 Å². The summed E-state index contributed by atoms with van der Waals surface area (Å²) >= 11 is 0. The maximum absolute atomic E-state index is 13.1. The van der Waals surface area contributed by atoms with E-state index in [1.807, 2.05) is 0 Å². The molecule has 3 N–H and O–H groups in total. The summed E-state index contributed by atoms with van der Waals surface area (Å²) in [6, 6.07) is 4.92. The van der Waals surface area contributed by atoms with Crippen molar-refractivity contribution in [3.8, 4) is 0 Å². The molecule has 0 radical (unpaired) electrons. The number of halogens is 1. The molecule has 5 heteroatoms. The lowest BCUT2D eigenvalue weighted by Crippen LogP contribution is -2.13. The van der Waals surface area contributed by atoms with Crippen LogP contribution in [-0.2, 0) is 0 Å². The Morgan fingerprint density at radius 1 is 1.50 bits per heavy atom. The lowest BCUT2D eigenvalue weighted by atomic mass is 10.3. The van der Waals surface area contributed by atoms with Crippen LogP contribution in [0.25, 0.3) is 11.1 Å². The maximum Gasteiger partial charge on any atom is 0.295 e. The number of nitrogens with one attached hydrogen (secondary N) is 1. The summed E-state index contributed by atoms with van der Waals surface area (Å²) in [6.07, 6.45) is 0. The fraction of sp³-hybridized carbons (Fsp3) is 0.222. The molecule has 0 unspecified atom stereocenters. The minimum atomic E-state index is -0.407. The molecule has 1 heterocycles. The van der Waals surface area contributed by atoms with E-state index in [0.29, 0.717) is 24.6 Å². The minimum Gasteiger partial charge on any atom is -0.420 e. The second-order valence-corrected chi connectivity index (χ2v) is 2.82. The van der Waals surface area contributed by atoms with Crippen molar-refractivity contribution >= 4 is 17.1 Å². The zero-order valence-corrected chi connectivity index (χ0v) is 7.46. The third-order valence-corrected chi connectivity index (χ3v) is 1.79. The Balaban J connectivity index is 2.36. The van der Waals surface area contributed by atoms with Crippen molar-refractivity contribution in [3.05, 3.63) is 24.0 Å². The van der Waals surface area contributed by atoms with Crippen LogP contribution in [0.1, 0.15) is 0 Å². The highest BCUT2D eigenvalue weighted by atomic mass is 19.1. The molecule has 0 spiro atoms. The standard InChI is InChI=1S/C9H10FN3O/c10-6-2-1-3-7-8(6)14-9(13-7)12-5-4-11/h1-3H,4-5,11H2,(H,12,13). The van der Waals surface area contributed by atoms with Crippen molar-refractivity contribution < 1.29 is 8.81 Å². The minimum absolute atomic E-state index is 0.173.